The van der Waals surface area contributed by atoms with Crippen LogP contribution in [0.25, 0.3) is 0 Å². The minimum absolute atomic E-state index is 0.121. The number of aliphatic hydroxyl groups excluding tert-OH is 1. The molecule has 0 heterocycles. The van der Waals surface area contributed by atoms with E-state index >= 15 is 0 Å². The first kappa shape index (κ1) is 11.6. The third-order valence-corrected chi connectivity index (χ3v) is 2.59. The number of aldehydes is 1. The lowest BCUT2D eigenvalue weighted by Gasteiger charge is -2.25. The zero-order valence-corrected chi connectivity index (χ0v) is 8.18. The van der Waals surface area contributed by atoms with Gasteiger partial charge in [0.25, 0.3) is 0 Å². The molecular formula is C10H20O2. The molecule has 12 heavy (non-hydrogen) atoms. The minimum atomic E-state index is -0.245. The highest BCUT2D eigenvalue weighted by molar-refractivity contribution is 5.59. The van der Waals surface area contributed by atoms with E-state index in [-0.39, 0.29) is 12.0 Å². The quantitative estimate of drug-likeness (QED) is 0.597. The van der Waals surface area contributed by atoms with Crippen LogP contribution in [0.3, 0.4) is 0 Å². The van der Waals surface area contributed by atoms with Crippen LogP contribution in [0.15, 0.2) is 0 Å². The van der Waals surface area contributed by atoms with Crippen LogP contribution in [0.5, 0.6) is 0 Å². The Kier molecular flexibility index (Phi) is 5.99. The van der Waals surface area contributed by atoms with Gasteiger partial charge in [-0.25, -0.2) is 0 Å². The molecule has 0 aromatic carbocycles. The normalized spacial score (nSPS) is 15.6. The third kappa shape index (κ3) is 3.35. The maximum Gasteiger partial charge on any atom is 0.126 e. The molecule has 0 spiro atoms. The van der Waals surface area contributed by atoms with Crippen LogP contribution in [0.2, 0.25) is 0 Å². The van der Waals surface area contributed by atoms with Gasteiger partial charge in [-0.05, 0) is 19.3 Å². The van der Waals surface area contributed by atoms with E-state index in [1.807, 2.05) is 6.92 Å². The van der Waals surface area contributed by atoms with Gasteiger partial charge in [-0.2, -0.15) is 0 Å². The van der Waals surface area contributed by atoms with Gasteiger partial charge in [0.15, 0.2) is 0 Å². The van der Waals surface area contributed by atoms with Gasteiger partial charge in [0.1, 0.15) is 6.29 Å². The number of hydrogen-bond acceptors (Lipinski definition) is 2. The fraction of sp³-hybridized carbons (Fsp3) is 0.900. The molecule has 0 radical (unpaired) electrons. The molecule has 2 nitrogen and oxygen atoms in total. The van der Waals surface area contributed by atoms with E-state index in [1.165, 1.54) is 0 Å². The van der Waals surface area contributed by atoms with Crippen molar-refractivity contribution < 1.29 is 9.90 Å². The molecule has 0 saturated carbocycles. The molecule has 0 rings (SSSR count). The molecule has 72 valence electrons. The van der Waals surface area contributed by atoms with Crippen molar-refractivity contribution in [2.24, 2.45) is 5.41 Å². The molecule has 0 fully saturated rings. The second kappa shape index (κ2) is 6.18. The smallest absolute Gasteiger partial charge is 0.126 e. The van der Waals surface area contributed by atoms with Gasteiger partial charge >= 0.3 is 0 Å². The van der Waals surface area contributed by atoms with Crippen LogP contribution < -0.4 is 0 Å². The first-order valence-electron chi connectivity index (χ1n) is 4.82. The number of carbonyl (C=O) groups is 1. The average molecular weight is 172 g/mol. The van der Waals surface area contributed by atoms with Crippen LogP contribution in [-0.4, -0.2) is 18.0 Å². The average Bonchev–Trinajstić information content (AvgIpc) is 2.13. The Bertz CT molecular complexity index is 123. The van der Waals surface area contributed by atoms with Crippen LogP contribution in [0, 0.1) is 5.41 Å². The monoisotopic (exact) mass is 172 g/mol. The van der Waals surface area contributed by atoms with Crippen molar-refractivity contribution in [1.82, 2.24) is 0 Å². The van der Waals surface area contributed by atoms with Crippen molar-refractivity contribution in [3.05, 3.63) is 0 Å². The SMILES string of the molecule is CCCCC(C=O)(CC)CCO. The van der Waals surface area contributed by atoms with Crippen LogP contribution >= 0.6 is 0 Å². The van der Waals surface area contributed by atoms with Crippen LogP contribution in [0.4, 0.5) is 0 Å². The summed E-state index contributed by atoms with van der Waals surface area (Å²) in [6.45, 7) is 4.25. The predicted molar refractivity (Wildman–Crippen MR) is 50.0 cm³/mol. The topological polar surface area (TPSA) is 37.3 Å². The second-order valence-corrected chi connectivity index (χ2v) is 3.41. The number of unbranched alkanes of at least 4 members (excludes halogenated alkanes) is 1. The molecule has 0 aliphatic heterocycles. The Hall–Kier alpha value is -0.370. The molecule has 0 aliphatic carbocycles. The Morgan fingerprint density at radius 3 is 2.33 bits per heavy atom. The van der Waals surface area contributed by atoms with Crippen molar-refractivity contribution in [3.63, 3.8) is 0 Å². The molecule has 1 N–H and O–H groups in total. The van der Waals surface area contributed by atoms with Gasteiger partial charge in [0.05, 0.1) is 0 Å². The molecule has 0 aromatic rings. The van der Waals surface area contributed by atoms with E-state index < -0.39 is 0 Å². The van der Waals surface area contributed by atoms with Gasteiger partial charge in [0.2, 0.25) is 0 Å². The molecule has 2 heteroatoms. The van der Waals surface area contributed by atoms with Gasteiger partial charge in [-0.3, -0.25) is 0 Å². The van der Waals surface area contributed by atoms with Crippen molar-refractivity contribution in [2.45, 2.75) is 46.0 Å². The molecule has 0 aromatic heterocycles. The van der Waals surface area contributed by atoms with Gasteiger partial charge in [0, 0.05) is 12.0 Å². The highest BCUT2D eigenvalue weighted by Crippen LogP contribution is 2.29. The lowest BCUT2D eigenvalue weighted by atomic mass is 9.79. The van der Waals surface area contributed by atoms with E-state index in [4.69, 9.17) is 5.11 Å². The lowest BCUT2D eigenvalue weighted by Crippen LogP contribution is -2.23. The van der Waals surface area contributed by atoms with Crippen LogP contribution in [0.1, 0.15) is 46.0 Å². The maximum atomic E-state index is 10.8. The summed E-state index contributed by atoms with van der Waals surface area (Å²) in [6, 6.07) is 0. The second-order valence-electron chi connectivity index (χ2n) is 3.41. The van der Waals surface area contributed by atoms with Crippen molar-refractivity contribution >= 4 is 6.29 Å². The Labute approximate surface area is 75.0 Å². The number of aliphatic hydroxyl groups is 1. The van der Waals surface area contributed by atoms with Crippen molar-refractivity contribution in [1.29, 1.82) is 0 Å². The van der Waals surface area contributed by atoms with E-state index in [2.05, 4.69) is 6.92 Å². The van der Waals surface area contributed by atoms with E-state index in [0.29, 0.717) is 6.42 Å². The Morgan fingerprint density at radius 2 is 2.00 bits per heavy atom. The van der Waals surface area contributed by atoms with Gasteiger partial charge in [-0.15, -0.1) is 0 Å². The molecule has 0 aliphatic rings. The highest BCUT2D eigenvalue weighted by atomic mass is 16.3. The summed E-state index contributed by atoms with van der Waals surface area (Å²) in [5.41, 5.74) is -0.245. The fourth-order valence-corrected chi connectivity index (χ4v) is 1.43. The summed E-state index contributed by atoms with van der Waals surface area (Å²) in [7, 11) is 0. The van der Waals surface area contributed by atoms with Crippen molar-refractivity contribution in [3.8, 4) is 0 Å². The Balaban J connectivity index is 4.04. The molecule has 1 unspecified atom stereocenters. The first-order valence-corrected chi connectivity index (χ1v) is 4.82. The predicted octanol–water partition coefficient (Wildman–Crippen LogP) is 2.15. The first-order chi connectivity index (χ1) is 5.74. The minimum Gasteiger partial charge on any atom is -0.396 e. The maximum absolute atomic E-state index is 10.8. The Morgan fingerprint density at radius 1 is 1.33 bits per heavy atom. The number of hydrogen-bond donors (Lipinski definition) is 1. The summed E-state index contributed by atoms with van der Waals surface area (Å²) >= 11 is 0. The summed E-state index contributed by atoms with van der Waals surface area (Å²) in [4.78, 5) is 10.8. The number of rotatable bonds is 7. The number of carbonyl (C=O) groups excluding carboxylic acids is 1. The van der Waals surface area contributed by atoms with Gasteiger partial charge < -0.3 is 9.90 Å². The third-order valence-electron chi connectivity index (χ3n) is 2.59. The lowest BCUT2D eigenvalue weighted by molar-refractivity contribution is -0.117. The zero-order valence-electron chi connectivity index (χ0n) is 8.18. The van der Waals surface area contributed by atoms with E-state index in [0.717, 1.165) is 32.0 Å². The highest BCUT2D eigenvalue weighted by Gasteiger charge is 2.25. The summed E-state index contributed by atoms with van der Waals surface area (Å²) in [5, 5.41) is 8.80. The standard InChI is InChI=1S/C10H20O2/c1-3-5-6-10(4-2,9-12)7-8-11/h9,11H,3-8H2,1-2H3. The van der Waals surface area contributed by atoms with E-state index in [1.54, 1.807) is 0 Å². The molecule has 0 bridgehead atoms. The summed E-state index contributed by atoms with van der Waals surface area (Å²) in [6.07, 6.45) is 5.60. The molecule has 0 amide bonds. The molecule has 1 atom stereocenters. The molecule has 0 saturated heterocycles. The van der Waals surface area contributed by atoms with Crippen LogP contribution in [-0.2, 0) is 4.79 Å². The summed E-state index contributed by atoms with van der Waals surface area (Å²) < 4.78 is 0. The van der Waals surface area contributed by atoms with Crippen molar-refractivity contribution in [2.75, 3.05) is 6.61 Å². The summed E-state index contributed by atoms with van der Waals surface area (Å²) in [5.74, 6) is 0. The van der Waals surface area contributed by atoms with E-state index in [9.17, 15) is 4.79 Å². The zero-order chi connectivity index (χ0) is 9.45. The molecular weight excluding hydrogens is 152 g/mol. The van der Waals surface area contributed by atoms with Gasteiger partial charge in [-0.1, -0.05) is 26.7 Å². The largest absolute Gasteiger partial charge is 0.396 e. The fourth-order valence-electron chi connectivity index (χ4n) is 1.43.